The number of nitrogens with one attached hydrogen (secondary N) is 1. The van der Waals surface area contributed by atoms with Crippen molar-refractivity contribution in [2.75, 3.05) is 19.5 Å². The van der Waals surface area contributed by atoms with Crippen LogP contribution in [0.3, 0.4) is 0 Å². The molecule has 0 radical (unpaired) electrons. The number of phenols is 1. The van der Waals surface area contributed by atoms with Gasteiger partial charge in [0, 0.05) is 74.3 Å². The average molecular weight is 828 g/mol. The van der Waals surface area contributed by atoms with Gasteiger partial charge in [-0.2, -0.15) is 0 Å². The number of allylic oxidation sites excluding steroid dienone is 2. The van der Waals surface area contributed by atoms with Gasteiger partial charge in [-0.1, -0.05) is 45.9 Å². The van der Waals surface area contributed by atoms with E-state index in [4.69, 9.17) is 28.7 Å². The third-order valence-corrected chi connectivity index (χ3v) is 12.1. The molecule has 7 rings (SSSR count). The number of hydrogen-bond donors (Lipinski definition) is 4. The third kappa shape index (κ3) is 7.50. The number of methoxy groups -OCH3 is 2. The van der Waals surface area contributed by atoms with E-state index in [9.17, 15) is 34.5 Å². The van der Waals surface area contributed by atoms with Crippen LogP contribution in [-0.4, -0.2) is 87.0 Å². The fraction of sp³-hybridized carbons (Fsp3) is 0.444. The van der Waals surface area contributed by atoms with Gasteiger partial charge in [0.05, 0.1) is 65.1 Å². The van der Waals surface area contributed by atoms with E-state index in [1.54, 1.807) is 76.6 Å². The van der Waals surface area contributed by atoms with Crippen molar-refractivity contribution in [2.45, 2.75) is 85.6 Å². The number of Topliss-reactive ketones (excluding diaryl/α,β-unsaturated/α-hetero) is 1. The summed E-state index contributed by atoms with van der Waals surface area (Å²) in [5.74, 6) is -6.35. The number of nitrogens with zero attached hydrogens (tertiary/aromatic N) is 2. The van der Waals surface area contributed by atoms with Gasteiger partial charge in [0.25, 0.3) is 11.7 Å². The molecular weight excluding hydrogens is 775 g/mol. The number of aromatic hydroxyl groups is 1. The number of carbonyl (C=O) groups is 3. The molecule has 15 heteroatoms. The summed E-state index contributed by atoms with van der Waals surface area (Å²) in [6, 6.07) is 5.14. The zero-order valence-electron chi connectivity index (χ0n) is 35.6. The largest absolute Gasteiger partial charge is 0.507 e. The van der Waals surface area contributed by atoms with Crippen LogP contribution in [0.4, 0.5) is 5.69 Å². The highest BCUT2D eigenvalue weighted by atomic mass is 16.7. The summed E-state index contributed by atoms with van der Waals surface area (Å²) >= 11 is 0. The van der Waals surface area contributed by atoms with Crippen LogP contribution in [-0.2, 0) is 30.8 Å². The van der Waals surface area contributed by atoms with E-state index in [0.717, 1.165) is 0 Å². The molecule has 4 aliphatic heterocycles. The van der Waals surface area contributed by atoms with Crippen LogP contribution in [0, 0.1) is 30.6 Å². The molecule has 0 saturated heterocycles. The predicted molar refractivity (Wildman–Crippen MR) is 224 cm³/mol. The first-order valence-electron chi connectivity index (χ1n) is 19.8. The molecule has 0 fully saturated rings. The normalized spacial score (nSPS) is 29.8. The minimum absolute atomic E-state index is 0.00677. The van der Waals surface area contributed by atoms with E-state index < -0.39 is 82.7 Å². The Morgan fingerprint density at radius 2 is 1.68 bits per heavy atom. The summed E-state index contributed by atoms with van der Waals surface area (Å²) in [7, 11) is 4.65. The van der Waals surface area contributed by atoms with Crippen LogP contribution in [0.25, 0.3) is 33.2 Å². The maximum Gasteiger partial charge on any atom is 0.312 e. The summed E-state index contributed by atoms with van der Waals surface area (Å²) in [4.78, 5) is 60.7. The van der Waals surface area contributed by atoms with Gasteiger partial charge in [-0.15, -0.1) is 0 Å². The Bertz CT molecular complexity index is 2510. The van der Waals surface area contributed by atoms with E-state index in [-0.39, 0.29) is 50.3 Å². The van der Waals surface area contributed by atoms with E-state index >= 15 is 0 Å². The Kier molecular flexibility index (Phi) is 12.2. The average Bonchev–Trinajstić information content (AvgIpc) is 3.48. The SMILES string of the molecule is COc1ccc2nc3c4c5c6c(C)c(O)c4c(=O)c(c-3n(C)c2c1)NC(=O)/C(C)=C\C=C\[C@H](C)[C@H](O)[C@@H](C)[C@@H](O)[C@@H](C)[C@H](OC(C)=O)[C@H](C)[C@@H](OC)/C=C/O[C@@](C)(O6)C5=O. The topological polar surface area (TPSA) is 205 Å². The van der Waals surface area contributed by atoms with Gasteiger partial charge in [0.1, 0.15) is 29.0 Å². The summed E-state index contributed by atoms with van der Waals surface area (Å²) in [5, 5.41) is 37.2. The zero-order chi connectivity index (χ0) is 44.1. The smallest absolute Gasteiger partial charge is 0.312 e. The number of phenolic OH excluding ortho intramolecular Hbond substituents is 1. The second-order valence-corrected chi connectivity index (χ2v) is 16.1. The van der Waals surface area contributed by atoms with E-state index in [0.29, 0.717) is 16.8 Å². The number of aliphatic hydroxyl groups is 2. The molecule has 60 heavy (non-hydrogen) atoms. The molecule has 1 aliphatic carbocycles. The summed E-state index contributed by atoms with van der Waals surface area (Å²) in [6.45, 7) is 12.7. The van der Waals surface area contributed by atoms with Crippen LogP contribution in [0.5, 0.6) is 17.2 Å². The number of fused-ring (bicyclic) bond motifs is 14. The lowest BCUT2D eigenvalue weighted by molar-refractivity contribution is -0.160. The number of rotatable bonds is 3. The first kappa shape index (κ1) is 43.8. The molecule has 2 aromatic rings. The van der Waals surface area contributed by atoms with E-state index in [1.165, 1.54) is 53.4 Å². The number of aromatic nitrogens is 2. The lowest BCUT2D eigenvalue weighted by Gasteiger charge is -2.38. The van der Waals surface area contributed by atoms with Gasteiger partial charge >= 0.3 is 11.8 Å². The maximum absolute atomic E-state index is 14.8. The van der Waals surface area contributed by atoms with Gasteiger partial charge in [0.15, 0.2) is 0 Å². The molecule has 4 N–H and O–H groups in total. The van der Waals surface area contributed by atoms with Crippen LogP contribution in [0.2, 0.25) is 0 Å². The minimum Gasteiger partial charge on any atom is -0.507 e. The summed E-state index contributed by atoms with van der Waals surface area (Å²) in [5.41, 5.74) is 0.541. The molecular formula is C45H53N3O12. The zero-order valence-corrected chi connectivity index (χ0v) is 35.6. The third-order valence-electron chi connectivity index (χ3n) is 12.1. The Morgan fingerprint density at radius 1 is 0.983 bits per heavy atom. The lowest BCUT2D eigenvalue weighted by atomic mass is 9.78. The van der Waals surface area contributed by atoms with Gasteiger partial charge in [-0.25, -0.2) is 4.98 Å². The second-order valence-electron chi connectivity index (χ2n) is 16.1. The Labute approximate surface area is 347 Å². The van der Waals surface area contributed by atoms with Crippen LogP contribution in [0.15, 0.2) is 59.1 Å². The lowest BCUT2D eigenvalue weighted by Crippen LogP contribution is -2.46. The van der Waals surface area contributed by atoms with Gasteiger partial charge < -0.3 is 48.9 Å². The van der Waals surface area contributed by atoms with Crippen molar-refractivity contribution in [3.8, 4) is 28.6 Å². The van der Waals surface area contributed by atoms with Gasteiger partial charge in [-0.05, 0) is 32.1 Å². The van der Waals surface area contributed by atoms with Crippen molar-refractivity contribution in [2.24, 2.45) is 30.7 Å². The fourth-order valence-corrected chi connectivity index (χ4v) is 8.36. The molecule has 9 atom stereocenters. The fourth-order valence-electron chi connectivity index (χ4n) is 8.36. The number of carbonyl (C=O) groups excluding carboxylic acids is 3. The van der Waals surface area contributed by atoms with Crippen molar-refractivity contribution in [1.29, 1.82) is 0 Å². The van der Waals surface area contributed by atoms with Crippen LogP contribution in [0.1, 0.15) is 64.4 Å². The molecule has 0 saturated carbocycles. The second kappa shape index (κ2) is 16.7. The minimum atomic E-state index is -2.01. The van der Waals surface area contributed by atoms with Crippen molar-refractivity contribution in [1.82, 2.24) is 9.55 Å². The highest BCUT2D eigenvalue weighted by Crippen LogP contribution is 2.50. The highest BCUT2D eigenvalue weighted by molar-refractivity contribution is 6.22. The number of ether oxygens (including phenoxy) is 5. The van der Waals surface area contributed by atoms with Crippen molar-refractivity contribution >= 4 is 45.2 Å². The first-order chi connectivity index (χ1) is 28.3. The van der Waals surface area contributed by atoms with Crippen LogP contribution >= 0.6 is 0 Å². The Hall–Kier alpha value is -5.77. The number of anilines is 1. The molecule has 2 aromatic carbocycles. The van der Waals surface area contributed by atoms with Crippen LogP contribution < -0.4 is 20.2 Å². The first-order valence-corrected chi connectivity index (χ1v) is 19.8. The quantitative estimate of drug-likeness (QED) is 0.111. The Balaban J connectivity index is 1.61. The van der Waals surface area contributed by atoms with Gasteiger partial charge in [-0.3, -0.25) is 19.2 Å². The molecule has 0 aromatic heterocycles. The highest BCUT2D eigenvalue weighted by Gasteiger charge is 2.50. The Morgan fingerprint density at radius 3 is 2.33 bits per heavy atom. The number of hydrogen-bond acceptors (Lipinski definition) is 13. The standard InChI is InChI=1S/C45H53N3O12/c1-20-13-12-14-21(2)44(55)47-35-36-34(46-28-16-15-27(56-10)19-29(28)48(36)9)31-32(40(35)53)39(52)25(6)42-33(31)43(54)45(8,60-42)58-18-17-30(57-11)22(3)41(59-26(7)49)24(5)38(51)23(4)37(20)50/h12-20,22-24,30,37-38,41,50-52H,1-11H3,(H,47,55)/b13-12+,18-17+,21-14-/t20-,22+,23+,24+,30-,37-,38+,41+,45-/m0/s1. The molecule has 5 bridgehead atoms. The molecule has 0 spiro atoms. The number of benzene rings is 3. The van der Waals surface area contributed by atoms with Crippen molar-refractivity contribution in [3.63, 3.8) is 0 Å². The monoisotopic (exact) mass is 827 g/mol. The van der Waals surface area contributed by atoms with Gasteiger partial charge in [0.2, 0.25) is 5.43 Å². The number of amides is 1. The number of esters is 1. The number of ketones is 1. The molecule has 4 heterocycles. The summed E-state index contributed by atoms with van der Waals surface area (Å²) < 4.78 is 31.0. The van der Waals surface area contributed by atoms with E-state index in [1.807, 2.05) is 0 Å². The molecule has 0 unspecified atom stereocenters. The molecule has 320 valence electrons. The number of aryl methyl sites for hydroxylation is 1. The van der Waals surface area contributed by atoms with E-state index in [2.05, 4.69) is 5.32 Å². The molecule has 1 amide bonds. The maximum atomic E-state index is 14.8. The van der Waals surface area contributed by atoms with Crippen molar-refractivity contribution < 1.29 is 53.4 Å². The summed E-state index contributed by atoms with van der Waals surface area (Å²) in [6.07, 6.45) is 3.71. The predicted octanol–water partition coefficient (Wildman–Crippen LogP) is 5.70. The van der Waals surface area contributed by atoms with Crippen molar-refractivity contribution in [3.05, 3.63) is 75.7 Å². The molecule has 5 aliphatic rings. The molecule has 15 nitrogen and oxygen atoms in total. The number of aliphatic hydroxyl groups excluding tert-OH is 2.